The van der Waals surface area contributed by atoms with E-state index in [1.807, 2.05) is 53.2 Å². The normalized spacial score (nSPS) is 12.4. The van der Waals surface area contributed by atoms with Gasteiger partial charge in [-0.15, -0.1) is 11.3 Å². The van der Waals surface area contributed by atoms with E-state index >= 15 is 0 Å². The highest BCUT2D eigenvalue weighted by Crippen LogP contribution is 2.29. The van der Waals surface area contributed by atoms with Gasteiger partial charge in [0.25, 0.3) is 5.91 Å². The number of carbonyl (C=O) groups excluding carboxylic acids is 1. The van der Waals surface area contributed by atoms with E-state index in [2.05, 4.69) is 5.32 Å². The van der Waals surface area contributed by atoms with E-state index in [0.29, 0.717) is 17.9 Å². The third-order valence-corrected chi connectivity index (χ3v) is 5.72. The van der Waals surface area contributed by atoms with Crippen molar-refractivity contribution in [2.45, 2.75) is 12.6 Å². The van der Waals surface area contributed by atoms with Gasteiger partial charge in [0.05, 0.1) is 6.54 Å². The molecule has 0 fully saturated rings. The van der Waals surface area contributed by atoms with Crippen LogP contribution >= 0.6 is 22.7 Å². The van der Waals surface area contributed by atoms with Gasteiger partial charge in [-0.2, -0.15) is 11.3 Å². The van der Waals surface area contributed by atoms with Crippen molar-refractivity contribution >= 4 is 39.5 Å². The van der Waals surface area contributed by atoms with Crippen molar-refractivity contribution in [3.63, 3.8) is 0 Å². The first-order valence-electron chi connectivity index (χ1n) is 7.76. The number of furan rings is 1. The molecule has 0 aliphatic heterocycles. The standard InChI is InChI=1S/C19H15NO3S2/c21-18(13-7-8-24-11-13)17-6-5-14(25-17)10-20-19(22)16-9-12-3-1-2-4-15(12)23-16/h1-9,11,18,21H,10H2,(H,20,22)/t18-/m1/s1. The Labute approximate surface area is 152 Å². The van der Waals surface area contributed by atoms with Crippen LogP contribution in [0.15, 0.2) is 63.7 Å². The Kier molecular flexibility index (Phi) is 4.40. The first kappa shape index (κ1) is 16.1. The first-order chi connectivity index (χ1) is 12.2. The van der Waals surface area contributed by atoms with Gasteiger partial charge in [0.1, 0.15) is 11.7 Å². The molecule has 6 heteroatoms. The highest BCUT2D eigenvalue weighted by atomic mass is 32.1. The smallest absolute Gasteiger partial charge is 0.287 e. The Morgan fingerprint density at radius 2 is 2.08 bits per heavy atom. The van der Waals surface area contributed by atoms with Crippen LogP contribution in [0.2, 0.25) is 0 Å². The van der Waals surface area contributed by atoms with Crippen LogP contribution in [0.3, 0.4) is 0 Å². The number of carbonyl (C=O) groups is 1. The lowest BCUT2D eigenvalue weighted by atomic mass is 10.2. The van der Waals surface area contributed by atoms with Crippen molar-refractivity contribution in [1.82, 2.24) is 5.32 Å². The second-order valence-corrected chi connectivity index (χ2v) is 7.57. The van der Waals surface area contributed by atoms with Gasteiger partial charge in [0.15, 0.2) is 5.76 Å². The fourth-order valence-electron chi connectivity index (χ4n) is 2.58. The molecule has 0 aliphatic carbocycles. The fourth-order valence-corrected chi connectivity index (χ4v) is 4.23. The van der Waals surface area contributed by atoms with Crippen molar-refractivity contribution in [1.29, 1.82) is 0 Å². The summed E-state index contributed by atoms with van der Waals surface area (Å²) < 4.78 is 5.56. The van der Waals surface area contributed by atoms with E-state index in [1.54, 1.807) is 17.4 Å². The van der Waals surface area contributed by atoms with E-state index in [1.165, 1.54) is 11.3 Å². The number of fused-ring (bicyclic) bond motifs is 1. The molecule has 0 bridgehead atoms. The van der Waals surface area contributed by atoms with Gasteiger partial charge in [-0.1, -0.05) is 18.2 Å². The lowest BCUT2D eigenvalue weighted by molar-refractivity contribution is 0.0925. The number of aliphatic hydroxyl groups is 1. The highest BCUT2D eigenvalue weighted by molar-refractivity contribution is 7.12. The summed E-state index contributed by atoms with van der Waals surface area (Å²) in [4.78, 5) is 14.1. The van der Waals surface area contributed by atoms with Gasteiger partial charge in [-0.3, -0.25) is 4.79 Å². The number of para-hydroxylation sites is 1. The molecular weight excluding hydrogens is 354 g/mol. The number of thiophene rings is 2. The molecule has 4 rings (SSSR count). The number of nitrogens with one attached hydrogen (secondary N) is 1. The summed E-state index contributed by atoms with van der Waals surface area (Å²) in [5.41, 5.74) is 1.59. The highest BCUT2D eigenvalue weighted by Gasteiger charge is 2.15. The van der Waals surface area contributed by atoms with Gasteiger partial charge >= 0.3 is 0 Å². The van der Waals surface area contributed by atoms with Gasteiger partial charge < -0.3 is 14.8 Å². The molecule has 0 unspecified atom stereocenters. The van der Waals surface area contributed by atoms with Crippen molar-refractivity contribution in [2.24, 2.45) is 0 Å². The molecule has 4 nitrogen and oxygen atoms in total. The molecule has 3 heterocycles. The predicted octanol–water partition coefficient (Wildman–Crippen LogP) is 4.57. The first-order valence-corrected chi connectivity index (χ1v) is 9.52. The van der Waals surface area contributed by atoms with E-state index in [-0.39, 0.29) is 5.91 Å². The number of amides is 1. The summed E-state index contributed by atoms with van der Waals surface area (Å²) in [6.45, 7) is 0.400. The van der Waals surface area contributed by atoms with Crippen LogP contribution in [0.25, 0.3) is 11.0 Å². The van der Waals surface area contributed by atoms with Crippen molar-refractivity contribution in [3.05, 3.63) is 80.4 Å². The molecule has 0 aliphatic rings. The summed E-state index contributed by atoms with van der Waals surface area (Å²) in [7, 11) is 0. The molecule has 0 saturated heterocycles. The number of aliphatic hydroxyl groups excluding tert-OH is 1. The molecule has 25 heavy (non-hydrogen) atoms. The maximum absolute atomic E-state index is 12.3. The zero-order valence-corrected chi connectivity index (χ0v) is 14.8. The van der Waals surface area contributed by atoms with Crippen LogP contribution < -0.4 is 5.32 Å². The van der Waals surface area contributed by atoms with Gasteiger partial charge in [0, 0.05) is 15.1 Å². The number of hydrogen-bond acceptors (Lipinski definition) is 5. The zero-order valence-electron chi connectivity index (χ0n) is 13.1. The second-order valence-electron chi connectivity index (χ2n) is 5.59. The van der Waals surface area contributed by atoms with E-state index in [9.17, 15) is 9.90 Å². The molecule has 1 atom stereocenters. The lowest BCUT2D eigenvalue weighted by Crippen LogP contribution is -2.21. The zero-order chi connectivity index (χ0) is 17.2. The molecule has 1 aromatic carbocycles. The topological polar surface area (TPSA) is 62.5 Å². The Bertz CT molecular complexity index is 968. The molecule has 0 spiro atoms. The Balaban J connectivity index is 1.42. The SMILES string of the molecule is O=C(NCc1ccc([C@H](O)c2ccsc2)s1)c1cc2ccccc2o1. The van der Waals surface area contributed by atoms with Crippen LogP contribution in [-0.2, 0) is 6.54 Å². The van der Waals surface area contributed by atoms with E-state index in [0.717, 1.165) is 20.7 Å². The minimum atomic E-state index is -0.615. The van der Waals surface area contributed by atoms with Crippen molar-refractivity contribution in [3.8, 4) is 0 Å². The summed E-state index contributed by atoms with van der Waals surface area (Å²) in [6, 6.07) is 15.0. The lowest BCUT2D eigenvalue weighted by Gasteiger charge is -2.05. The van der Waals surface area contributed by atoms with Crippen LogP contribution in [-0.4, -0.2) is 11.0 Å². The Morgan fingerprint density at radius 1 is 1.20 bits per heavy atom. The van der Waals surface area contributed by atoms with Crippen LogP contribution in [0, 0.1) is 0 Å². The maximum atomic E-state index is 12.3. The summed E-state index contributed by atoms with van der Waals surface area (Å²) in [5, 5.41) is 18.0. The molecule has 4 aromatic rings. The Morgan fingerprint density at radius 3 is 2.88 bits per heavy atom. The number of rotatable bonds is 5. The van der Waals surface area contributed by atoms with Crippen LogP contribution in [0.4, 0.5) is 0 Å². The molecule has 2 N–H and O–H groups in total. The number of hydrogen-bond donors (Lipinski definition) is 2. The molecule has 0 radical (unpaired) electrons. The summed E-state index contributed by atoms with van der Waals surface area (Å²) >= 11 is 3.05. The van der Waals surface area contributed by atoms with Gasteiger partial charge in [-0.05, 0) is 46.7 Å². The van der Waals surface area contributed by atoms with E-state index < -0.39 is 6.10 Å². The monoisotopic (exact) mass is 369 g/mol. The van der Waals surface area contributed by atoms with Gasteiger partial charge in [0.2, 0.25) is 0 Å². The second kappa shape index (κ2) is 6.84. The van der Waals surface area contributed by atoms with Crippen molar-refractivity contribution < 1.29 is 14.3 Å². The Hall–Kier alpha value is -2.41. The average Bonchev–Trinajstić information content (AvgIpc) is 3.39. The summed E-state index contributed by atoms with van der Waals surface area (Å²) in [5.74, 6) is 0.0563. The largest absolute Gasteiger partial charge is 0.451 e. The quantitative estimate of drug-likeness (QED) is 0.542. The molecule has 126 valence electrons. The third-order valence-electron chi connectivity index (χ3n) is 3.88. The number of benzene rings is 1. The van der Waals surface area contributed by atoms with Gasteiger partial charge in [-0.25, -0.2) is 0 Å². The minimum absolute atomic E-state index is 0.246. The molecule has 0 saturated carbocycles. The molecule has 1 amide bonds. The minimum Gasteiger partial charge on any atom is -0.451 e. The fraction of sp³-hybridized carbons (Fsp3) is 0.105. The summed E-state index contributed by atoms with van der Waals surface area (Å²) in [6.07, 6.45) is -0.615. The third kappa shape index (κ3) is 3.37. The predicted molar refractivity (Wildman–Crippen MR) is 100 cm³/mol. The maximum Gasteiger partial charge on any atom is 0.287 e. The molecule has 3 aromatic heterocycles. The van der Waals surface area contributed by atoms with Crippen molar-refractivity contribution in [2.75, 3.05) is 0 Å². The van der Waals surface area contributed by atoms with Crippen LogP contribution in [0.5, 0.6) is 0 Å². The van der Waals surface area contributed by atoms with E-state index in [4.69, 9.17) is 4.42 Å². The average molecular weight is 369 g/mol. The molecular formula is C19H15NO3S2. The van der Waals surface area contributed by atoms with Crippen LogP contribution in [0.1, 0.15) is 32.0 Å².